The monoisotopic (exact) mass is 245 g/mol. The summed E-state index contributed by atoms with van der Waals surface area (Å²) in [5.41, 5.74) is 1.60. The molecule has 0 aliphatic heterocycles. The number of fused-ring (bicyclic) bond motifs is 1. The van der Waals surface area contributed by atoms with Crippen molar-refractivity contribution in [1.82, 2.24) is 15.0 Å². The second-order valence-corrected chi connectivity index (χ2v) is 3.70. The Morgan fingerprint density at radius 3 is 3.06 bits per heavy atom. The first-order valence-corrected chi connectivity index (χ1v) is 5.23. The summed E-state index contributed by atoms with van der Waals surface area (Å²) in [6.07, 6.45) is 2.88. The van der Waals surface area contributed by atoms with Crippen molar-refractivity contribution in [2.75, 3.05) is 0 Å². The number of rotatable bonds is 2. The Hall–Kier alpha value is -2.50. The van der Waals surface area contributed by atoms with Gasteiger partial charge in [-0.15, -0.1) is 0 Å². The Morgan fingerprint density at radius 1 is 1.33 bits per heavy atom. The smallest absolute Gasteiger partial charge is 0.401 e. The molecule has 0 saturated heterocycles. The summed E-state index contributed by atoms with van der Waals surface area (Å²) >= 11 is 0. The Balaban J connectivity index is 1.98. The van der Waals surface area contributed by atoms with Crippen LogP contribution in [0.4, 0.5) is 4.39 Å². The molecule has 6 heteroatoms. The number of halogens is 1. The van der Waals surface area contributed by atoms with Gasteiger partial charge in [0.1, 0.15) is 17.9 Å². The van der Waals surface area contributed by atoms with Crippen LogP contribution < -0.4 is 4.74 Å². The maximum atomic E-state index is 13.1. The Morgan fingerprint density at radius 2 is 2.22 bits per heavy atom. The van der Waals surface area contributed by atoms with Crippen molar-refractivity contribution < 1.29 is 13.5 Å². The van der Waals surface area contributed by atoms with Gasteiger partial charge >= 0.3 is 6.08 Å². The molecule has 0 aliphatic rings. The van der Waals surface area contributed by atoms with Crippen LogP contribution in [0.5, 0.6) is 11.8 Å². The van der Waals surface area contributed by atoms with E-state index < -0.39 is 0 Å². The summed E-state index contributed by atoms with van der Waals surface area (Å²) in [5.74, 6) is -0.0268. The number of benzene rings is 1. The number of aryl methyl sites for hydroxylation is 1. The second kappa shape index (κ2) is 4.06. The summed E-state index contributed by atoms with van der Waals surface area (Å²) in [5, 5.41) is 0. The molecular weight excluding hydrogens is 237 g/mol. The minimum atomic E-state index is -0.383. The van der Waals surface area contributed by atoms with Crippen LogP contribution in [0.2, 0.25) is 0 Å². The minimum absolute atomic E-state index is 0.0131. The quantitative estimate of drug-likeness (QED) is 0.694. The van der Waals surface area contributed by atoms with Gasteiger partial charge in [-0.25, -0.2) is 9.37 Å². The molecule has 0 aliphatic carbocycles. The highest BCUT2D eigenvalue weighted by molar-refractivity contribution is 5.66. The molecule has 0 spiro atoms. The van der Waals surface area contributed by atoms with E-state index >= 15 is 0 Å². The van der Waals surface area contributed by atoms with Crippen LogP contribution in [0.1, 0.15) is 5.56 Å². The molecule has 3 aromatic rings. The number of oxazole rings is 1. The highest BCUT2D eigenvalue weighted by atomic mass is 19.1. The van der Waals surface area contributed by atoms with Crippen molar-refractivity contribution in [3.63, 3.8) is 0 Å². The number of hydrogen-bond acceptors (Lipinski definition) is 5. The Kier molecular flexibility index (Phi) is 2.40. The van der Waals surface area contributed by atoms with E-state index in [-0.39, 0.29) is 11.9 Å². The average Bonchev–Trinajstić information content (AvgIpc) is 2.76. The average molecular weight is 245 g/mol. The lowest BCUT2D eigenvalue weighted by Crippen LogP contribution is -1.88. The topological polar surface area (TPSA) is 61.0 Å². The van der Waals surface area contributed by atoms with Crippen molar-refractivity contribution in [3.8, 4) is 11.8 Å². The first-order valence-electron chi connectivity index (χ1n) is 5.23. The molecule has 0 unspecified atom stereocenters. The highest BCUT2D eigenvalue weighted by Gasteiger charge is 2.10. The van der Waals surface area contributed by atoms with E-state index in [9.17, 15) is 4.39 Å². The van der Waals surface area contributed by atoms with Crippen LogP contribution in [0, 0.1) is 12.7 Å². The Labute approximate surface area is 101 Å². The fourth-order valence-electron chi connectivity index (χ4n) is 1.49. The summed E-state index contributed by atoms with van der Waals surface area (Å²) in [6.45, 7) is 1.80. The van der Waals surface area contributed by atoms with Crippen molar-refractivity contribution in [2.45, 2.75) is 6.92 Å². The molecule has 0 saturated carbocycles. The van der Waals surface area contributed by atoms with E-state index in [1.807, 2.05) is 0 Å². The third-order valence-electron chi connectivity index (χ3n) is 2.40. The fraction of sp³-hybridized carbons (Fsp3) is 0.0833. The number of hydrogen-bond donors (Lipinski definition) is 0. The lowest BCUT2D eigenvalue weighted by atomic mass is 10.2. The SMILES string of the molecule is Cc1ccc(F)cc1Oc1nc2cncnc2o1. The van der Waals surface area contributed by atoms with E-state index in [0.29, 0.717) is 17.0 Å². The van der Waals surface area contributed by atoms with Gasteiger partial charge < -0.3 is 9.15 Å². The standard InChI is InChI=1S/C12H8FN3O2/c1-7-2-3-8(13)4-10(7)17-12-16-9-5-14-6-15-11(9)18-12/h2-6H,1H3. The van der Waals surface area contributed by atoms with Crippen molar-refractivity contribution in [3.05, 3.63) is 42.1 Å². The zero-order valence-electron chi connectivity index (χ0n) is 9.42. The van der Waals surface area contributed by atoms with Gasteiger partial charge in [-0.2, -0.15) is 9.97 Å². The molecule has 0 bridgehead atoms. The van der Waals surface area contributed by atoms with Gasteiger partial charge in [0.2, 0.25) is 0 Å². The predicted molar refractivity (Wildman–Crippen MR) is 60.8 cm³/mol. The minimum Gasteiger partial charge on any atom is -0.411 e. The normalized spacial score (nSPS) is 10.8. The van der Waals surface area contributed by atoms with Gasteiger partial charge in [0, 0.05) is 6.07 Å². The van der Waals surface area contributed by atoms with Crippen molar-refractivity contribution >= 4 is 11.2 Å². The van der Waals surface area contributed by atoms with Gasteiger partial charge in [0.25, 0.3) is 5.71 Å². The molecule has 0 amide bonds. The van der Waals surface area contributed by atoms with Gasteiger partial charge in [-0.3, -0.25) is 0 Å². The highest BCUT2D eigenvalue weighted by Crippen LogP contribution is 2.26. The predicted octanol–water partition coefficient (Wildman–Crippen LogP) is 2.86. The molecule has 5 nitrogen and oxygen atoms in total. The maximum absolute atomic E-state index is 13.1. The van der Waals surface area contributed by atoms with Crippen LogP contribution >= 0.6 is 0 Å². The number of nitrogens with zero attached hydrogens (tertiary/aromatic N) is 3. The zero-order valence-corrected chi connectivity index (χ0v) is 9.42. The lowest BCUT2D eigenvalue weighted by molar-refractivity contribution is 0.338. The van der Waals surface area contributed by atoms with Gasteiger partial charge in [0.05, 0.1) is 6.20 Å². The molecule has 18 heavy (non-hydrogen) atoms. The van der Waals surface area contributed by atoms with Crippen LogP contribution in [0.3, 0.4) is 0 Å². The van der Waals surface area contributed by atoms with Crippen LogP contribution in [0.15, 0.2) is 35.1 Å². The summed E-state index contributed by atoms with van der Waals surface area (Å²) in [7, 11) is 0. The van der Waals surface area contributed by atoms with Crippen LogP contribution in [0.25, 0.3) is 11.2 Å². The Bertz CT molecular complexity index is 678. The van der Waals surface area contributed by atoms with Crippen LogP contribution in [-0.4, -0.2) is 15.0 Å². The number of ether oxygens (including phenoxy) is 1. The third-order valence-corrected chi connectivity index (χ3v) is 2.40. The molecule has 1 aromatic carbocycles. The van der Waals surface area contributed by atoms with E-state index in [1.54, 1.807) is 13.0 Å². The molecule has 0 N–H and O–H groups in total. The molecule has 0 radical (unpaired) electrons. The van der Waals surface area contributed by atoms with E-state index in [2.05, 4.69) is 15.0 Å². The summed E-state index contributed by atoms with van der Waals surface area (Å²) in [6, 6.07) is 4.25. The first-order chi connectivity index (χ1) is 8.72. The largest absolute Gasteiger partial charge is 0.411 e. The molecular formula is C12H8FN3O2. The zero-order chi connectivity index (χ0) is 12.5. The molecule has 90 valence electrons. The first kappa shape index (κ1) is 10.6. The number of aromatic nitrogens is 3. The van der Waals surface area contributed by atoms with E-state index in [4.69, 9.17) is 9.15 Å². The summed E-state index contributed by atoms with van der Waals surface area (Å²) in [4.78, 5) is 11.7. The molecule has 0 atom stereocenters. The fourth-order valence-corrected chi connectivity index (χ4v) is 1.49. The van der Waals surface area contributed by atoms with Crippen LogP contribution in [-0.2, 0) is 0 Å². The molecule has 2 aromatic heterocycles. The van der Waals surface area contributed by atoms with Gasteiger partial charge in [0.15, 0.2) is 5.52 Å². The van der Waals surface area contributed by atoms with E-state index in [0.717, 1.165) is 5.56 Å². The van der Waals surface area contributed by atoms with E-state index in [1.165, 1.54) is 24.7 Å². The van der Waals surface area contributed by atoms with Crippen molar-refractivity contribution in [2.24, 2.45) is 0 Å². The lowest BCUT2D eigenvalue weighted by Gasteiger charge is -2.03. The maximum Gasteiger partial charge on any atom is 0.401 e. The summed E-state index contributed by atoms with van der Waals surface area (Å²) < 4.78 is 23.8. The van der Waals surface area contributed by atoms with Gasteiger partial charge in [-0.1, -0.05) is 6.07 Å². The molecule has 0 fully saturated rings. The molecule has 2 heterocycles. The van der Waals surface area contributed by atoms with Gasteiger partial charge in [-0.05, 0) is 18.6 Å². The third kappa shape index (κ3) is 1.88. The van der Waals surface area contributed by atoms with Crippen molar-refractivity contribution in [1.29, 1.82) is 0 Å². The molecule has 3 rings (SSSR count). The second-order valence-electron chi connectivity index (χ2n) is 3.70.